The first-order valence-electron chi connectivity index (χ1n) is 6.82. The Balaban J connectivity index is 1.72. The molecule has 0 amide bonds. The van der Waals surface area contributed by atoms with Crippen LogP contribution in [0.3, 0.4) is 0 Å². The van der Waals surface area contributed by atoms with Crippen molar-refractivity contribution in [2.45, 2.75) is 45.7 Å². The van der Waals surface area contributed by atoms with Crippen molar-refractivity contribution in [1.82, 2.24) is 19.6 Å². The molecule has 0 N–H and O–H groups in total. The van der Waals surface area contributed by atoms with Gasteiger partial charge in [-0.05, 0) is 32.3 Å². The van der Waals surface area contributed by atoms with Crippen LogP contribution in [0.25, 0.3) is 0 Å². The van der Waals surface area contributed by atoms with Crippen LogP contribution >= 0.6 is 0 Å². The summed E-state index contributed by atoms with van der Waals surface area (Å²) in [5.41, 5.74) is 3.37. The van der Waals surface area contributed by atoms with E-state index in [1.807, 2.05) is 16.9 Å². The van der Waals surface area contributed by atoms with E-state index < -0.39 is 0 Å². The number of carbonyl (C=O) groups is 1. The maximum absolute atomic E-state index is 11.9. The van der Waals surface area contributed by atoms with Gasteiger partial charge in [0.1, 0.15) is 0 Å². The van der Waals surface area contributed by atoms with Gasteiger partial charge >= 0.3 is 0 Å². The molecule has 100 valence electrons. The van der Waals surface area contributed by atoms with Crippen LogP contribution in [0.2, 0.25) is 0 Å². The largest absolute Gasteiger partial charge is 0.348 e. The molecule has 0 fully saturated rings. The van der Waals surface area contributed by atoms with Crippen LogP contribution in [0.15, 0.2) is 18.5 Å². The van der Waals surface area contributed by atoms with Gasteiger partial charge in [-0.1, -0.05) is 5.21 Å². The third-order valence-corrected chi connectivity index (χ3v) is 3.77. The zero-order valence-corrected chi connectivity index (χ0v) is 11.2. The lowest BCUT2D eigenvalue weighted by Gasteiger charge is -2.15. The van der Waals surface area contributed by atoms with E-state index in [4.69, 9.17) is 0 Å². The number of aromatic nitrogens is 4. The highest BCUT2D eigenvalue weighted by molar-refractivity contribution is 5.98. The molecule has 5 nitrogen and oxygen atoms in total. The van der Waals surface area contributed by atoms with Crippen molar-refractivity contribution in [3.63, 3.8) is 0 Å². The molecule has 5 heteroatoms. The average Bonchev–Trinajstić information content (AvgIpc) is 3.00. The lowest BCUT2D eigenvalue weighted by molar-refractivity contribution is 0.0971. The molecule has 2 aromatic rings. The Morgan fingerprint density at radius 3 is 3.00 bits per heavy atom. The molecule has 1 aliphatic carbocycles. The summed E-state index contributed by atoms with van der Waals surface area (Å²) in [5.74, 6) is 0.305. The highest BCUT2D eigenvalue weighted by Crippen LogP contribution is 2.25. The molecule has 3 rings (SSSR count). The number of hydrogen-bond acceptors (Lipinski definition) is 3. The molecule has 0 saturated heterocycles. The van der Waals surface area contributed by atoms with Crippen molar-refractivity contribution in [1.29, 1.82) is 0 Å². The number of ketones is 1. The number of Topliss-reactive ketones (excluding diaryl/α,β-unsaturated/α-hetero) is 1. The zero-order valence-electron chi connectivity index (χ0n) is 11.2. The predicted octanol–water partition coefficient (Wildman–Crippen LogP) is 2.00. The van der Waals surface area contributed by atoms with Gasteiger partial charge in [0.15, 0.2) is 5.78 Å². The number of aryl methyl sites for hydroxylation is 2. The summed E-state index contributed by atoms with van der Waals surface area (Å²) in [4.78, 5) is 11.9. The van der Waals surface area contributed by atoms with E-state index in [0.717, 1.165) is 37.9 Å². The van der Waals surface area contributed by atoms with E-state index in [1.165, 1.54) is 11.4 Å². The topological polar surface area (TPSA) is 52.7 Å². The number of carbonyl (C=O) groups excluding carboxylic acids is 1. The molecule has 0 saturated carbocycles. The highest BCUT2D eigenvalue weighted by atomic mass is 16.1. The molecule has 0 unspecified atom stereocenters. The predicted molar refractivity (Wildman–Crippen MR) is 71.1 cm³/mol. The number of nitrogens with zero attached hydrogens (tertiary/aromatic N) is 4. The molecule has 0 bridgehead atoms. The van der Waals surface area contributed by atoms with E-state index in [-0.39, 0.29) is 0 Å². The van der Waals surface area contributed by atoms with Crippen molar-refractivity contribution < 1.29 is 4.79 Å². The van der Waals surface area contributed by atoms with Crippen LogP contribution in [-0.2, 0) is 19.5 Å². The first-order chi connectivity index (χ1) is 9.25. The van der Waals surface area contributed by atoms with Crippen molar-refractivity contribution in [3.8, 4) is 0 Å². The summed E-state index contributed by atoms with van der Waals surface area (Å²) >= 11 is 0. The van der Waals surface area contributed by atoms with E-state index in [0.29, 0.717) is 12.2 Å². The Kier molecular flexibility index (Phi) is 3.19. The third kappa shape index (κ3) is 2.32. The van der Waals surface area contributed by atoms with Crippen LogP contribution in [-0.4, -0.2) is 25.3 Å². The van der Waals surface area contributed by atoms with Gasteiger partial charge in [-0.2, -0.15) is 0 Å². The van der Waals surface area contributed by atoms with Gasteiger partial charge < -0.3 is 4.57 Å². The summed E-state index contributed by atoms with van der Waals surface area (Å²) in [6, 6.07) is 2.05. The fourth-order valence-electron chi connectivity index (χ4n) is 2.84. The molecule has 0 aliphatic heterocycles. The summed E-state index contributed by atoms with van der Waals surface area (Å²) < 4.78 is 4.14. The fraction of sp³-hybridized carbons (Fsp3) is 0.500. The van der Waals surface area contributed by atoms with Gasteiger partial charge in [0.2, 0.25) is 0 Å². The van der Waals surface area contributed by atoms with Crippen LogP contribution in [0.4, 0.5) is 0 Å². The van der Waals surface area contributed by atoms with Gasteiger partial charge in [0.05, 0.1) is 6.20 Å². The Morgan fingerprint density at radius 2 is 2.21 bits per heavy atom. The lowest BCUT2D eigenvalue weighted by atomic mass is 9.96. The molecule has 2 heterocycles. The normalized spacial score (nSPS) is 14.7. The molecule has 19 heavy (non-hydrogen) atoms. The van der Waals surface area contributed by atoms with Crippen molar-refractivity contribution in [3.05, 3.63) is 35.4 Å². The third-order valence-electron chi connectivity index (χ3n) is 3.77. The molecular weight excluding hydrogens is 240 g/mol. The summed E-state index contributed by atoms with van der Waals surface area (Å²) in [6.45, 7) is 3.88. The summed E-state index contributed by atoms with van der Waals surface area (Å²) in [7, 11) is 0. The molecule has 1 aliphatic rings. The molecule has 0 radical (unpaired) electrons. The average molecular weight is 258 g/mol. The quantitative estimate of drug-likeness (QED) is 0.842. The Morgan fingerprint density at radius 1 is 1.32 bits per heavy atom. The fourth-order valence-corrected chi connectivity index (χ4v) is 2.84. The highest BCUT2D eigenvalue weighted by Gasteiger charge is 2.22. The lowest BCUT2D eigenvalue weighted by Crippen LogP contribution is -2.14. The molecule has 0 spiro atoms. The zero-order chi connectivity index (χ0) is 13.2. The van der Waals surface area contributed by atoms with Crippen LogP contribution in [0.5, 0.6) is 0 Å². The number of rotatable bonds is 4. The number of hydrogen-bond donors (Lipinski definition) is 0. The van der Waals surface area contributed by atoms with Gasteiger partial charge in [-0.25, -0.2) is 0 Å². The minimum Gasteiger partial charge on any atom is -0.348 e. The van der Waals surface area contributed by atoms with Crippen LogP contribution in [0, 0.1) is 6.92 Å². The first-order valence-corrected chi connectivity index (χ1v) is 6.82. The summed E-state index contributed by atoms with van der Waals surface area (Å²) in [6.07, 6.45) is 7.29. The minimum absolute atomic E-state index is 0.305. The second-order valence-electron chi connectivity index (χ2n) is 5.09. The maximum Gasteiger partial charge on any atom is 0.164 e. The Labute approximate surface area is 112 Å². The maximum atomic E-state index is 11.9. The Bertz CT molecular complexity index is 583. The molecule has 0 atom stereocenters. The van der Waals surface area contributed by atoms with Crippen molar-refractivity contribution in [2.75, 3.05) is 0 Å². The smallest absolute Gasteiger partial charge is 0.164 e. The minimum atomic E-state index is 0.305. The first kappa shape index (κ1) is 12.1. The van der Waals surface area contributed by atoms with E-state index in [9.17, 15) is 4.79 Å². The number of fused-ring (bicyclic) bond motifs is 1. The van der Waals surface area contributed by atoms with Gasteiger partial charge in [0.25, 0.3) is 0 Å². The van der Waals surface area contributed by atoms with E-state index in [1.54, 1.807) is 6.20 Å². The van der Waals surface area contributed by atoms with E-state index >= 15 is 0 Å². The van der Waals surface area contributed by atoms with Crippen LogP contribution in [0.1, 0.15) is 41.0 Å². The van der Waals surface area contributed by atoms with Gasteiger partial charge in [0, 0.05) is 42.7 Å². The SMILES string of the molecule is Cc1cc2c(n1CCCn1ccnn1)CCCC2=O. The molecular formula is C14H18N4O. The summed E-state index contributed by atoms with van der Waals surface area (Å²) in [5, 5.41) is 7.76. The van der Waals surface area contributed by atoms with Gasteiger partial charge in [-0.3, -0.25) is 9.48 Å². The van der Waals surface area contributed by atoms with Crippen molar-refractivity contribution in [2.24, 2.45) is 0 Å². The van der Waals surface area contributed by atoms with Gasteiger partial charge in [-0.15, -0.1) is 5.10 Å². The standard InChI is InChI=1S/C14H18N4O/c1-11-10-12-13(4-2-5-14(12)19)18(11)8-3-7-17-9-6-15-16-17/h6,9-10H,2-5,7-8H2,1H3. The second-order valence-corrected chi connectivity index (χ2v) is 5.09. The molecule has 2 aromatic heterocycles. The van der Waals surface area contributed by atoms with Crippen LogP contribution < -0.4 is 0 Å². The van der Waals surface area contributed by atoms with E-state index in [2.05, 4.69) is 21.8 Å². The Hall–Kier alpha value is -1.91. The monoisotopic (exact) mass is 258 g/mol. The van der Waals surface area contributed by atoms with Crippen molar-refractivity contribution >= 4 is 5.78 Å². The molecule has 0 aromatic carbocycles. The second kappa shape index (κ2) is 4.99.